The Balaban J connectivity index is 0.00000324. The van der Waals surface area contributed by atoms with Crippen LogP contribution in [0.1, 0.15) is 26.6 Å². The van der Waals surface area contributed by atoms with Gasteiger partial charge in [0, 0.05) is 25.5 Å². The highest BCUT2D eigenvalue weighted by molar-refractivity contribution is 14.0. The zero-order valence-corrected chi connectivity index (χ0v) is 14.2. The van der Waals surface area contributed by atoms with Crippen LogP contribution < -0.4 is 11.1 Å². The van der Waals surface area contributed by atoms with Gasteiger partial charge in [0.2, 0.25) is 0 Å². The Labute approximate surface area is 132 Å². The molecule has 0 aliphatic rings. The fraction of sp³-hybridized carbons (Fsp3) is 0.538. The van der Waals surface area contributed by atoms with Crippen molar-refractivity contribution in [2.45, 2.75) is 33.9 Å². The lowest BCUT2D eigenvalue weighted by atomic mass is 10.2. The molecule has 3 N–H and O–H groups in total. The SMILES string of the molecule is C=C(C)CNC(N)=NCc1nccn1CC(C)C.I. The molecule has 5 nitrogen and oxygen atoms in total. The number of hydrogen-bond donors (Lipinski definition) is 2. The van der Waals surface area contributed by atoms with Crippen LogP contribution in [0.15, 0.2) is 29.5 Å². The summed E-state index contributed by atoms with van der Waals surface area (Å²) in [5.41, 5.74) is 6.77. The summed E-state index contributed by atoms with van der Waals surface area (Å²) >= 11 is 0. The first-order valence-electron chi connectivity index (χ1n) is 6.17. The molecule has 0 fully saturated rings. The molecule has 0 unspecified atom stereocenters. The molecule has 1 aromatic rings. The van der Waals surface area contributed by atoms with Crippen LogP contribution in [-0.2, 0) is 13.1 Å². The minimum Gasteiger partial charge on any atom is -0.370 e. The summed E-state index contributed by atoms with van der Waals surface area (Å²) in [5, 5.41) is 3.00. The molecule has 6 heteroatoms. The van der Waals surface area contributed by atoms with Crippen molar-refractivity contribution in [1.29, 1.82) is 0 Å². The van der Waals surface area contributed by atoms with Crippen LogP contribution in [0.5, 0.6) is 0 Å². The summed E-state index contributed by atoms with van der Waals surface area (Å²) in [4.78, 5) is 8.56. The van der Waals surface area contributed by atoms with Gasteiger partial charge in [-0.05, 0) is 12.8 Å². The van der Waals surface area contributed by atoms with E-state index in [4.69, 9.17) is 5.73 Å². The number of halogens is 1. The van der Waals surface area contributed by atoms with Crippen molar-refractivity contribution < 1.29 is 0 Å². The highest BCUT2D eigenvalue weighted by Crippen LogP contribution is 2.04. The molecule has 0 aromatic carbocycles. The van der Waals surface area contributed by atoms with E-state index in [1.807, 2.05) is 13.1 Å². The van der Waals surface area contributed by atoms with Crippen LogP contribution in [0.25, 0.3) is 0 Å². The van der Waals surface area contributed by atoms with Crippen LogP contribution in [0.4, 0.5) is 0 Å². The van der Waals surface area contributed by atoms with E-state index in [0.717, 1.165) is 17.9 Å². The molecule has 0 radical (unpaired) electrons. The Hall–Kier alpha value is -1.05. The smallest absolute Gasteiger partial charge is 0.189 e. The second-order valence-electron chi connectivity index (χ2n) is 4.90. The van der Waals surface area contributed by atoms with E-state index in [9.17, 15) is 0 Å². The molecule has 0 aliphatic carbocycles. The molecule has 19 heavy (non-hydrogen) atoms. The first-order chi connectivity index (χ1) is 8.49. The van der Waals surface area contributed by atoms with E-state index in [-0.39, 0.29) is 24.0 Å². The van der Waals surface area contributed by atoms with Gasteiger partial charge in [0.15, 0.2) is 5.96 Å². The zero-order chi connectivity index (χ0) is 13.5. The van der Waals surface area contributed by atoms with Gasteiger partial charge in [0.25, 0.3) is 0 Å². The minimum atomic E-state index is 0. The molecule has 0 amide bonds. The number of nitrogens with two attached hydrogens (primary N) is 1. The quantitative estimate of drug-likeness (QED) is 0.346. The number of rotatable bonds is 6. The normalized spacial score (nSPS) is 11.3. The van der Waals surface area contributed by atoms with E-state index in [2.05, 4.69) is 40.3 Å². The Morgan fingerprint density at radius 2 is 2.26 bits per heavy atom. The van der Waals surface area contributed by atoms with Crippen LogP contribution in [0, 0.1) is 5.92 Å². The van der Waals surface area contributed by atoms with Crippen molar-refractivity contribution in [2.24, 2.45) is 16.6 Å². The standard InChI is InChI=1S/C13H23N5.HI/c1-10(2)7-16-13(14)17-8-12-15-5-6-18(12)9-11(3)4;/h5-6,11H,1,7-9H2,2-4H3,(H3,14,16,17);1H. The number of hydrogen-bond acceptors (Lipinski definition) is 2. The summed E-state index contributed by atoms with van der Waals surface area (Å²) < 4.78 is 2.11. The van der Waals surface area contributed by atoms with Crippen molar-refractivity contribution in [3.8, 4) is 0 Å². The van der Waals surface area contributed by atoms with Crippen LogP contribution >= 0.6 is 24.0 Å². The first-order valence-corrected chi connectivity index (χ1v) is 6.17. The van der Waals surface area contributed by atoms with Gasteiger partial charge in [-0.2, -0.15) is 0 Å². The van der Waals surface area contributed by atoms with Gasteiger partial charge in [0.1, 0.15) is 12.4 Å². The Morgan fingerprint density at radius 3 is 2.84 bits per heavy atom. The molecule has 0 spiro atoms. The largest absolute Gasteiger partial charge is 0.370 e. The summed E-state index contributed by atoms with van der Waals surface area (Å²) in [6.45, 7) is 12.2. The van der Waals surface area contributed by atoms with Crippen molar-refractivity contribution in [2.75, 3.05) is 6.54 Å². The maximum Gasteiger partial charge on any atom is 0.189 e. The lowest BCUT2D eigenvalue weighted by Gasteiger charge is -2.09. The zero-order valence-electron chi connectivity index (χ0n) is 11.9. The van der Waals surface area contributed by atoms with Crippen molar-refractivity contribution >= 4 is 29.9 Å². The fourth-order valence-electron chi connectivity index (χ4n) is 1.50. The average molecular weight is 377 g/mol. The van der Waals surface area contributed by atoms with Crippen molar-refractivity contribution in [3.05, 3.63) is 30.4 Å². The maximum absolute atomic E-state index is 5.75. The highest BCUT2D eigenvalue weighted by atomic mass is 127. The lowest BCUT2D eigenvalue weighted by molar-refractivity contribution is 0.507. The number of imidazole rings is 1. The summed E-state index contributed by atoms with van der Waals surface area (Å²) in [5.74, 6) is 1.95. The van der Waals surface area contributed by atoms with E-state index >= 15 is 0 Å². The predicted octanol–water partition coefficient (Wildman–Crippen LogP) is 2.14. The van der Waals surface area contributed by atoms with Gasteiger partial charge >= 0.3 is 0 Å². The topological polar surface area (TPSA) is 68.2 Å². The first kappa shape index (κ1) is 17.9. The molecule has 1 heterocycles. The Bertz CT molecular complexity index is 422. The van der Waals surface area contributed by atoms with Gasteiger partial charge in [-0.25, -0.2) is 9.98 Å². The van der Waals surface area contributed by atoms with E-state index < -0.39 is 0 Å². The van der Waals surface area contributed by atoms with Crippen molar-refractivity contribution in [1.82, 2.24) is 14.9 Å². The molecule has 0 saturated carbocycles. The number of nitrogens with zero attached hydrogens (tertiary/aromatic N) is 3. The summed E-state index contributed by atoms with van der Waals surface area (Å²) in [6, 6.07) is 0. The molecular formula is C13H24IN5. The second-order valence-corrected chi connectivity index (χ2v) is 4.90. The number of aromatic nitrogens is 2. The number of guanidine groups is 1. The van der Waals surface area contributed by atoms with Gasteiger partial charge in [-0.15, -0.1) is 24.0 Å². The molecule has 108 valence electrons. The lowest BCUT2D eigenvalue weighted by Crippen LogP contribution is -2.32. The molecular weight excluding hydrogens is 353 g/mol. The molecule has 0 aliphatic heterocycles. The van der Waals surface area contributed by atoms with E-state index in [0.29, 0.717) is 25.0 Å². The third kappa shape index (κ3) is 7.19. The third-order valence-electron chi connectivity index (χ3n) is 2.33. The Kier molecular flexibility index (Phi) is 8.46. The Morgan fingerprint density at radius 1 is 1.58 bits per heavy atom. The van der Waals surface area contributed by atoms with Crippen LogP contribution in [0.2, 0.25) is 0 Å². The molecule has 0 atom stereocenters. The minimum absolute atomic E-state index is 0. The van der Waals surface area contributed by atoms with E-state index in [1.165, 1.54) is 0 Å². The molecule has 0 saturated heterocycles. The summed E-state index contributed by atoms with van der Waals surface area (Å²) in [7, 11) is 0. The van der Waals surface area contributed by atoms with Gasteiger partial charge in [-0.3, -0.25) is 0 Å². The summed E-state index contributed by atoms with van der Waals surface area (Å²) in [6.07, 6.45) is 3.77. The van der Waals surface area contributed by atoms with Gasteiger partial charge in [0.05, 0.1) is 0 Å². The second kappa shape index (κ2) is 8.95. The third-order valence-corrected chi connectivity index (χ3v) is 2.33. The van der Waals surface area contributed by atoms with Crippen LogP contribution in [0.3, 0.4) is 0 Å². The van der Waals surface area contributed by atoms with E-state index in [1.54, 1.807) is 6.20 Å². The maximum atomic E-state index is 5.75. The molecule has 1 aromatic heterocycles. The molecule has 1 rings (SSSR count). The van der Waals surface area contributed by atoms with Crippen LogP contribution in [-0.4, -0.2) is 22.1 Å². The monoisotopic (exact) mass is 377 g/mol. The predicted molar refractivity (Wildman–Crippen MR) is 90.6 cm³/mol. The van der Waals surface area contributed by atoms with Crippen molar-refractivity contribution in [3.63, 3.8) is 0 Å². The van der Waals surface area contributed by atoms with Gasteiger partial charge in [-0.1, -0.05) is 26.0 Å². The average Bonchev–Trinajstić information content (AvgIpc) is 2.70. The highest BCUT2D eigenvalue weighted by Gasteiger charge is 2.03. The fourth-order valence-corrected chi connectivity index (χ4v) is 1.50. The molecule has 0 bridgehead atoms. The number of nitrogens with one attached hydrogen (secondary N) is 1. The number of aliphatic imine (C=N–C) groups is 1. The van der Waals surface area contributed by atoms with Gasteiger partial charge < -0.3 is 15.6 Å².